The fourth-order valence-corrected chi connectivity index (χ4v) is 3.69. The van der Waals surface area contributed by atoms with Crippen LogP contribution in [0, 0.1) is 5.82 Å². The smallest absolute Gasteiger partial charge is 0.430 e. The maximum absolute atomic E-state index is 14.8. The van der Waals surface area contributed by atoms with Crippen LogP contribution in [0.25, 0.3) is 0 Å². The van der Waals surface area contributed by atoms with Crippen molar-refractivity contribution in [3.63, 3.8) is 0 Å². The van der Waals surface area contributed by atoms with Crippen LogP contribution in [0.15, 0.2) is 122 Å². The Labute approximate surface area is 250 Å². The van der Waals surface area contributed by atoms with Crippen LogP contribution in [-0.4, -0.2) is 28.2 Å². The molecule has 4 aromatic carbocycles. The first kappa shape index (κ1) is 29.2. The van der Waals surface area contributed by atoms with Gasteiger partial charge in [0.25, 0.3) is 0 Å². The fourth-order valence-electron chi connectivity index (χ4n) is 3.69. The fraction of sp³-hybridized carbons (Fsp3) is 0.0312. The second-order valence-corrected chi connectivity index (χ2v) is 8.84. The second-order valence-electron chi connectivity index (χ2n) is 8.84. The van der Waals surface area contributed by atoms with E-state index >= 15 is 0 Å². The lowest BCUT2D eigenvalue weighted by Crippen LogP contribution is -2.41. The maximum Gasteiger partial charge on any atom is 0.430 e. The third kappa shape index (κ3) is 7.91. The summed E-state index contributed by atoms with van der Waals surface area (Å²) in [4.78, 5) is 46.9. The number of hydrogen-bond donors (Lipinski definition) is 1. The molecule has 12 heteroatoms. The predicted molar refractivity (Wildman–Crippen MR) is 156 cm³/mol. The van der Waals surface area contributed by atoms with Crippen molar-refractivity contribution >= 4 is 29.8 Å². The summed E-state index contributed by atoms with van der Waals surface area (Å²) in [5, 5.41) is 2.33. The molecule has 0 fully saturated rings. The number of ether oxygens (including phenoxy) is 4. The first-order valence-electron chi connectivity index (χ1n) is 13.1. The Balaban J connectivity index is 1.30. The van der Waals surface area contributed by atoms with E-state index in [9.17, 15) is 18.8 Å². The Kier molecular flexibility index (Phi) is 9.32. The third-order valence-electron chi connectivity index (χ3n) is 5.73. The van der Waals surface area contributed by atoms with Crippen molar-refractivity contribution in [3.8, 4) is 23.1 Å². The molecular formula is C32H23FN4O7. The Morgan fingerprint density at radius 3 is 1.89 bits per heavy atom. The molecule has 5 rings (SSSR count). The van der Waals surface area contributed by atoms with Crippen molar-refractivity contribution in [1.29, 1.82) is 0 Å². The van der Waals surface area contributed by atoms with Crippen LogP contribution in [-0.2, 0) is 11.3 Å². The minimum atomic E-state index is -1.11. The number of nitrogens with one attached hydrogen (secondary N) is 1. The molecule has 0 atom stereocenters. The van der Waals surface area contributed by atoms with Gasteiger partial charge in [-0.25, -0.2) is 28.7 Å². The normalized spacial score (nSPS) is 10.3. The van der Waals surface area contributed by atoms with Crippen molar-refractivity contribution in [3.05, 3.63) is 133 Å². The predicted octanol–water partition coefficient (Wildman–Crippen LogP) is 7.36. The van der Waals surface area contributed by atoms with Gasteiger partial charge in [0.05, 0.1) is 5.69 Å². The third-order valence-corrected chi connectivity index (χ3v) is 5.73. The second kappa shape index (κ2) is 14.0. The van der Waals surface area contributed by atoms with Crippen LogP contribution < -0.4 is 24.4 Å². The van der Waals surface area contributed by atoms with E-state index in [0.717, 1.165) is 18.0 Å². The molecule has 5 aromatic rings. The number of imide groups is 1. The Hall–Kier alpha value is -6.30. The molecule has 11 nitrogen and oxygen atoms in total. The molecule has 0 aliphatic rings. The molecule has 1 heterocycles. The number of anilines is 2. The lowest BCUT2D eigenvalue weighted by atomic mass is 10.2. The molecule has 44 heavy (non-hydrogen) atoms. The molecule has 1 aromatic heterocycles. The minimum Gasteiger partial charge on any atom is -0.444 e. The van der Waals surface area contributed by atoms with Crippen LogP contribution in [0.2, 0.25) is 0 Å². The monoisotopic (exact) mass is 594 g/mol. The number of carbonyl (C=O) groups excluding carboxylic acids is 3. The highest BCUT2D eigenvalue weighted by Crippen LogP contribution is 2.27. The minimum absolute atomic E-state index is 0.000581. The summed E-state index contributed by atoms with van der Waals surface area (Å²) in [6, 6.07) is 30.1. The number of halogens is 1. The first-order chi connectivity index (χ1) is 21.4. The standard InChI is InChI=1S/C32H23FN4O7/c33-26-18-25(16-17-27(26)36-30(38)41-20-22-10-4-1-5-11-22)42-29-19-28(34-21-35-29)37(31(39)43-23-12-6-2-7-13-23)32(40)44-24-14-8-3-9-15-24/h1-19,21H,20H2,(H,36,38). The maximum atomic E-state index is 14.8. The number of rotatable bonds is 8. The van der Waals surface area contributed by atoms with Gasteiger partial charge in [-0.2, -0.15) is 4.90 Å². The summed E-state index contributed by atoms with van der Waals surface area (Å²) in [6.45, 7) is 0.0142. The lowest BCUT2D eigenvalue weighted by molar-refractivity contribution is 0.155. The van der Waals surface area contributed by atoms with Gasteiger partial charge >= 0.3 is 18.3 Å². The summed E-state index contributed by atoms with van der Waals surface area (Å²) in [6.07, 6.45) is -2.02. The summed E-state index contributed by atoms with van der Waals surface area (Å²) in [7, 11) is 0. The van der Waals surface area contributed by atoms with Crippen molar-refractivity contribution in [2.75, 3.05) is 10.2 Å². The molecular weight excluding hydrogens is 571 g/mol. The van der Waals surface area contributed by atoms with Crippen molar-refractivity contribution in [1.82, 2.24) is 9.97 Å². The average Bonchev–Trinajstić information content (AvgIpc) is 3.03. The van der Waals surface area contributed by atoms with E-state index in [0.29, 0.717) is 4.90 Å². The molecule has 0 aliphatic heterocycles. The number of benzene rings is 4. The molecule has 0 aliphatic carbocycles. The molecule has 0 saturated carbocycles. The van der Waals surface area contributed by atoms with E-state index in [1.807, 2.05) is 6.07 Å². The van der Waals surface area contributed by atoms with Gasteiger partial charge in [-0.15, -0.1) is 0 Å². The molecule has 0 unspecified atom stereocenters. The topological polar surface area (TPSA) is 129 Å². The summed E-state index contributed by atoms with van der Waals surface area (Å²) >= 11 is 0. The SMILES string of the molecule is O=C(Nc1ccc(Oc2cc(N(C(=O)Oc3ccccc3)C(=O)Oc3ccccc3)ncn2)cc1F)OCc1ccccc1. The molecule has 0 radical (unpaired) electrons. The number of carbonyl (C=O) groups is 3. The Morgan fingerprint density at radius 1 is 0.705 bits per heavy atom. The first-order valence-corrected chi connectivity index (χ1v) is 13.1. The van der Waals surface area contributed by atoms with E-state index < -0.39 is 24.1 Å². The van der Waals surface area contributed by atoms with Crippen LogP contribution >= 0.6 is 0 Å². The molecule has 1 N–H and O–H groups in total. The number of nitrogens with zero attached hydrogens (tertiary/aromatic N) is 3. The molecule has 220 valence electrons. The van der Waals surface area contributed by atoms with Gasteiger partial charge < -0.3 is 18.9 Å². The summed E-state index contributed by atoms with van der Waals surface area (Å²) < 4.78 is 36.2. The van der Waals surface area contributed by atoms with E-state index in [-0.39, 0.29) is 41.2 Å². The van der Waals surface area contributed by atoms with Gasteiger partial charge in [0.1, 0.15) is 30.2 Å². The number of amides is 3. The van der Waals surface area contributed by atoms with Crippen LogP contribution in [0.4, 0.5) is 30.3 Å². The zero-order valence-corrected chi connectivity index (χ0v) is 22.8. The highest BCUT2D eigenvalue weighted by Gasteiger charge is 2.30. The van der Waals surface area contributed by atoms with Crippen LogP contribution in [0.1, 0.15) is 5.56 Å². The van der Waals surface area contributed by atoms with Gasteiger partial charge in [0.2, 0.25) is 5.88 Å². The largest absolute Gasteiger partial charge is 0.444 e. The highest BCUT2D eigenvalue weighted by molar-refractivity contribution is 6.09. The Bertz CT molecular complexity index is 1690. The summed E-state index contributed by atoms with van der Waals surface area (Å²) in [5.41, 5.74) is 0.633. The van der Waals surface area contributed by atoms with Crippen molar-refractivity contribution in [2.24, 2.45) is 0 Å². The average molecular weight is 595 g/mol. The zero-order valence-electron chi connectivity index (χ0n) is 22.8. The highest BCUT2D eigenvalue weighted by atomic mass is 19.1. The summed E-state index contributed by atoms with van der Waals surface area (Å²) in [5.74, 6) is -0.838. The number of aromatic nitrogens is 2. The molecule has 0 spiro atoms. The van der Waals surface area contributed by atoms with E-state index in [1.165, 1.54) is 42.5 Å². The van der Waals surface area contributed by atoms with Gasteiger partial charge in [0, 0.05) is 12.1 Å². The zero-order chi connectivity index (χ0) is 30.7. The van der Waals surface area contributed by atoms with Gasteiger partial charge in [-0.3, -0.25) is 5.32 Å². The number of hydrogen-bond acceptors (Lipinski definition) is 9. The number of para-hydroxylation sites is 2. The van der Waals surface area contributed by atoms with Crippen LogP contribution in [0.5, 0.6) is 23.1 Å². The van der Waals surface area contributed by atoms with Gasteiger partial charge in [-0.05, 0) is 42.0 Å². The molecule has 3 amide bonds. The van der Waals surface area contributed by atoms with Crippen molar-refractivity contribution in [2.45, 2.75) is 6.61 Å². The van der Waals surface area contributed by atoms with Crippen molar-refractivity contribution < 1.29 is 37.7 Å². The van der Waals surface area contributed by atoms with Crippen LogP contribution in [0.3, 0.4) is 0 Å². The van der Waals surface area contributed by atoms with E-state index in [4.69, 9.17) is 18.9 Å². The quantitative estimate of drug-likeness (QED) is 0.196. The van der Waals surface area contributed by atoms with E-state index in [1.54, 1.807) is 60.7 Å². The molecule has 0 saturated heterocycles. The van der Waals surface area contributed by atoms with Gasteiger partial charge in [0.15, 0.2) is 11.6 Å². The Morgan fingerprint density at radius 2 is 1.30 bits per heavy atom. The lowest BCUT2D eigenvalue weighted by Gasteiger charge is -2.19. The van der Waals surface area contributed by atoms with E-state index in [2.05, 4.69) is 15.3 Å². The van der Waals surface area contributed by atoms with Gasteiger partial charge in [-0.1, -0.05) is 66.7 Å². The molecule has 0 bridgehead atoms.